The van der Waals surface area contributed by atoms with E-state index in [0.717, 1.165) is 25.7 Å². The van der Waals surface area contributed by atoms with Crippen molar-refractivity contribution in [3.8, 4) is 0 Å². The molecule has 1 aliphatic rings. The van der Waals surface area contributed by atoms with Crippen molar-refractivity contribution in [2.45, 2.75) is 37.8 Å². The number of hydrogen-bond acceptors (Lipinski definition) is 6. The SMILES string of the molecule is COC(=O)c1ccnc(NCCOC2CCC(N)CC2)c1. The Bertz CT molecular complexity index is 459. The molecule has 0 bridgehead atoms. The highest BCUT2D eigenvalue weighted by molar-refractivity contribution is 5.89. The van der Waals surface area contributed by atoms with Gasteiger partial charge in [-0.1, -0.05) is 0 Å². The average Bonchev–Trinajstić information content (AvgIpc) is 2.53. The zero-order valence-corrected chi connectivity index (χ0v) is 12.4. The molecule has 6 nitrogen and oxygen atoms in total. The Morgan fingerprint density at radius 2 is 2.19 bits per heavy atom. The van der Waals surface area contributed by atoms with Gasteiger partial charge in [-0.2, -0.15) is 0 Å². The number of carbonyl (C=O) groups excluding carboxylic acids is 1. The number of hydrogen-bond donors (Lipinski definition) is 2. The Morgan fingerprint density at radius 1 is 1.43 bits per heavy atom. The van der Waals surface area contributed by atoms with Crippen LogP contribution in [0.5, 0.6) is 0 Å². The van der Waals surface area contributed by atoms with Gasteiger partial charge >= 0.3 is 5.97 Å². The average molecular weight is 293 g/mol. The van der Waals surface area contributed by atoms with Crippen LogP contribution in [0.2, 0.25) is 0 Å². The molecule has 1 aromatic rings. The smallest absolute Gasteiger partial charge is 0.338 e. The topological polar surface area (TPSA) is 86.5 Å². The molecule has 0 aromatic carbocycles. The van der Waals surface area contributed by atoms with Gasteiger partial charge in [-0.15, -0.1) is 0 Å². The van der Waals surface area contributed by atoms with E-state index in [1.807, 2.05) is 0 Å². The van der Waals surface area contributed by atoms with Crippen LogP contribution in [0.3, 0.4) is 0 Å². The lowest BCUT2D eigenvalue weighted by Gasteiger charge is -2.26. The number of nitrogens with two attached hydrogens (primary N) is 1. The zero-order chi connectivity index (χ0) is 15.1. The lowest BCUT2D eigenvalue weighted by molar-refractivity contribution is 0.0313. The molecule has 0 saturated heterocycles. The predicted octanol–water partition coefficient (Wildman–Crippen LogP) is 1.57. The molecule has 116 valence electrons. The van der Waals surface area contributed by atoms with E-state index in [1.54, 1.807) is 18.3 Å². The maximum absolute atomic E-state index is 11.4. The molecule has 21 heavy (non-hydrogen) atoms. The molecule has 1 aromatic heterocycles. The van der Waals surface area contributed by atoms with E-state index >= 15 is 0 Å². The summed E-state index contributed by atoms with van der Waals surface area (Å²) < 4.78 is 10.5. The molecule has 0 amide bonds. The number of anilines is 1. The number of nitrogens with zero attached hydrogens (tertiary/aromatic N) is 1. The van der Waals surface area contributed by atoms with Crippen LogP contribution in [-0.2, 0) is 9.47 Å². The fourth-order valence-corrected chi connectivity index (χ4v) is 2.43. The van der Waals surface area contributed by atoms with Gasteiger partial charge < -0.3 is 20.5 Å². The molecule has 1 heterocycles. The summed E-state index contributed by atoms with van der Waals surface area (Å²) in [6.07, 6.45) is 6.06. The van der Waals surface area contributed by atoms with Crippen LogP contribution in [0.4, 0.5) is 5.82 Å². The molecular weight excluding hydrogens is 270 g/mol. The van der Waals surface area contributed by atoms with E-state index in [1.165, 1.54) is 7.11 Å². The largest absolute Gasteiger partial charge is 0.465 e. The second-order valence-corrected chi connectivity index (χ2v) is 5.26. The van der Waals surface area contributed by atoms with Crippen molar-refractivity contribution in [1.29, 1.82) is 0 Å². The molecule has 0 atom stereocenters. The van der Waals surface area contributed by atoms with E-state index in [9.17, 15) is 4.79 Å². The lowest BCUT2D eigenvalue weighted by Crippen LogP contribution is -2.31. The van der Waals surface area contributed by atoms with Gasteiger partial charge in [-0.3, -0.25) is 0 Å². The first kappa shape index (κ1) is 15.7. The van der Waals surface area contributed by atoms with Crippen molar-refractivity contribution in [3.05, 3.63) is 23.9 Å². The lowest BCUT2D eigenvalue weighted by atomic mass is 9.94. The molecule has 2 rings (SSSR count). The highest BCUT2D eigenvalue weighted by atomic mass is 16.5. The molecule has 0 unspecified atom stereocenters. The fraction of sp³-hybridized carbons (Fsp3) is 0.600. The van der Waals surface area contributed by atoms with E-state index in [2.05, 4.69) is 15.0 Å². The Balaban J connectivity index is 1.70. The van der Waals surface area contributed by atoms with Gasteiger partial charge in [0.1, 0.15) is 5.82 Å². The summed E-state index contributed by atoms with van der Waals surface area (Å²) >= 11 is 0. The predicted molar refractivity (Wildman–Crippen MR) is 80.2 cm³/mol. The van der Waals surface area contributed by atoms with Crippen molar-refractivity contribution in [2.75, 3.05) is 25.6 Å². The number of methoxy groups -OCH3 is 1. The van der Waals surface area contributed by atoms with Crippen LogP contribution in [0.15, 0.2) is 18.3 Å². The molecule has 1 fully saturated rings. The third kappa shape index (κ3) is 4.99. The maximum atomic E-state index is 11.4. The number of carbonyl (C=O) groups is 1. The van der Waals surface area contributed by atoms with Gasteiger partial charge in [0.25, 0.3) is 0 Å². The van der Waals surface area contributed by atoms with Gasteiger partial charge in [0.15, 0.2) is 0 Å². The molecule has 6 heteroatoms. The van der Waals surface area contributed by atoms with Gasteiger partial charge in [-0.05, 0) is 37.8 Å². The number of esters is 1. The summed E-state index contributed by atoms with van der Waals surface area (Å²) in [5.41, 5.74) is 6.35. The Labute approximate surface area is 125 Å². The van der Waals surface area contributed by atoms with Crippen LogP contribution in [0.25, 0.3) is 0 Å². The highest BCUT2D eigenvalue weighted by Gasteiger charge is 2.18. The minimum Gasteiger partial charge on any atom is -0.465 e. The van der Waals surface area contributed by atoms with Gasteiger partial charge in [0, 0.05) is 18.8 Å². The van der Waals surface area contributed by atoms with Crippen molar-refractivity contribution in [3.63, 3.8) is 0 Å². The monoisotopic (exact) mass is 293 g/mol. The quantitative estimate of drug-likeness (QED) is 0.611. The van der Waals surface area contributed by atoms with E-state index in [0.29, 0.717) is 36.7 Å². The number of nitrogens with one attached hydrogen (secondary N) is 1. The van der Waals surface area contributed by atoms with Gasteiger partial charge in [0.2, 0.25) is 0 Å². The Kier molecular flexibility index (Phi) is 5.95. The molecule has 0 radical (unpaired) electrons. The van der Waals surface area contributed by atoms with Crippen molar-refractivity contribution >= 4 is 11.8 Å². The van der Waals surface area contributed by atoms with Crippen LogP contribution in [-0.4, -0.2) is 43.4 Å². The third-order valence-electron chi connectivity index (χ3n) is 3.66. The Morgan fingerprint density at radius 3 is 2.90 bits per heavy atom. The summed E-state index contributed by atoms with van der Waals surface area (Å²) in [5, 5.41) is 3.14. The Hall–Kier alpha value is -1.66. The summed E-state index contributed by atoms with van der Waals surface area (Å²) in [6.45, 7) is 1.27. The number of aromatic nitrogens is 1. The second-order valence-electron chi connectivity index (χ2n) is 5.26. The highest BCUT2D eigenvalue weighted by Crippen LogP contribution is 2.19. The summed E-state index contributed by atoms with van der Waals surface area (Å²) in [5.74, 6) is 0.280. The maximum Gasteiger partial charge on any atom is 0.338 e. The van der Waals surface area contributed by atoms with Crippen LogP contribution in [0, 0.1) is 0 Å². The zero-order valence-electron chi connectivity index (χ0n) is 12.4. The van der Waals surface area contributed by atoms with Crippen LogP contribution in [0.1, 0.15) is 36.0 Å². The number of pyridine rings is 1. The standard InChI is InChI=1S/C15H23N3O3/c1-20-15(19)11-6-7-17-14(10-11)18-8-9-21-13-4-2-12(16)3-5-13/h6-7,10,12-13H,2-5,8-9,16H2,1H3,(H,17,18). The molecule has 1 aliphatic carbocycles. The summed E-state index contributed by atoms with van der Waals surface area (Å²) in [4.78, 5) is 15.6. The fourth-order valence-electron chi connectivity index (χ4n) is 2.43. The molecule has 3 N–H and O–H groups in total. The molecule has 1 saturated carbocycles. The van der Waals surface area contributed by atoms with Gasteiger partial charge in [0.05, 0.1) is 25.4 Å². The third-order valence-corrected chi connectivity index (χ3v) is 3.66. The number of ether oxygens (including phenoxy) is 2. The minimum absolute atomic E-state index is 0.320. The normalized spacial score (nSPS) is 21.8. The van der Waals surface area contributed by atoms with Crippen LogP contribution < -0.4 is 11.1 Å². The second kappa shape index (κ2) is 7.95. The molecular formula is C15H23N3O3. The first-order valence-electron chi connectivity index (χ1n) is 7.34. The summed E-state index contributed by atoms with van der Waals surface area (Å²) in [6, 6.07) is 3.64. The number of rotatable bonds is 6. The minimum atomic E-state index is -0.366. The van der Waals surface area contributed by atoms with Crippen molar-refractivity contribution in [1.82, 2.24) is 4.98 Å². The molecule has 0 aliphatic heterocycles. The first-order valence-corrected chi connectivity index (χ1v) is 7.34. The summed E-state index contributed by atoms with van der Waals surface area (Å²) in [7, 11) is 1.36. The molecule has 0 spiro atoms. The van der Waals surface area contributed by atoms with Gasteiger partial charge in [-0.25, -0.2) is 9.78 Å². The van der Waals surface area contributed by atoms with E-state index in [-0.39, 0.29) is 5.97 Å². The van der Waals surface area contributed by atoms with E-state index < -0.39 is 0 Å². The van der Waals surface area contributed by atoms with Crippen molar-refractivity contribution in [2.24, 2.45) is 5.73 Å². The first-order chi connectivity index (χ1) is 10.2. The van der Waals surface area contributed by atoms with Crippen LogP contribution >= 0.6 is 0 Å². The van der Waals surface area contributed by atoms with Crippen molar-refractivity contribution < 1.29 is 14.3 Å². The van der Waals surface area contributed by atoms with E-state index in [4.69, 9.17) is 10.5 Å².